The second-order valence-corrected chi connectivity index (χ2v) is 10.1. The van der Waals surface area contributed by atoms with Gasteiger partial charge in [-0.1, -0.05) is 0 Å². The normalized spacial score (nSPS) is 14.4. The van der Waals surface area contributed by atoms with Crippen molar-refractivity contribution in [2.75, 3.05) is 57.6 Å². The number of quaternary nitrogens is 1. The molecule has 4 heterocycles. The van der Waals surface area contributed by atoms with Crippen molar-refractivity contribution >= 4 is 40.2 Å². The summed E-state index contributed by atoms with van der Waals surface area (Å²) in [6.45, 7) is 2.58. The van der Waals surface area contributed by atoms with Crippen molar-refractivity contribution in [2.45, 2.75) is 6.04 Å². The second-order valence-electron chi connectivity index (χ2n) is 10.1. The summed E-state index contributed by atoms with van der Waals surface area (Å²) in [7, 11) is 4.15. The van der Waals surface area contributed by atoms with E-state index in [1.165, 1.54) is 6.08 Å². The molecule has 2 N–H and O–H groups in total. The third-order valence-electron chi connectivity index (χ3n) is 6.83. The van der Waals surface area contributed by atoms with Crippen LogP contribution in [0, 0.1) is 0 Å². The van der Waals surface area contributed by atoms with E-state index in [9.17, 15) is 9.18 Å². The Balaban J connectivity index is 1.34. The largest absolute Gasteiger partial charge is 0.380 e. The van der Waals surface area contributed by atoms with E-state index in [4.69, 9.17) is 4.98 Å². The minimum Gasteiger partial charge on any atom is -0.380 e. The first-order valence-electron chi connectivity index (χ1n) is 12.9. The second kappa shape index (κ2) is 11.6. The molecule has 0 unspecified atom stereocenters. The molecule has 1 fully saturated rings. The van der Waals surface area contributed by atoms with E-state index in [0.29, 0.717) is 46.5 Å². The molecule has 0 spiro atoms. The number of halogens is 1. The van der Waals surface area contributed by atoms with Gasteiger partial charge in [0.15, 0.2) is 0 Å². The molecule has 10 heteroatoms. The molecule has 0 radical (unpaired) electrons. The number of likely N-dealkylation sites (tertiary alicyclic amines) is 1. The van der Waals surface area contributed by atoms with Crippen molar-refractivity contribution in [2.24, 2.45) is 0 Å². The number of nitrogens with zero attached hydrogens (tertiary/aromatic N) is 6. The first-order valence-corrected chi connectivity index (χ1v) is 12.9. The lowest BCUT2D eigenvalue weighted by molar-refractivity contribution is -0.104. The van der Waals surface area contributed by atoms with Crippen molar-refractivity contribution in [3.05, 3.63) is 73.2 Å². The van der Waals surface area contributed by atoms with Gasteiger partial charge in [0.2, 0.25) is 5.95 Å². The Morgan fingerprint density at radius 2 is 1.82 bits per heavy atom. The summed E-state index contributed by atoms with van der Waals surface area (Å²) >= 11 is 0. The van der Waals surface area contributed by atoms with Crippen LogP contribution in [0.1, 0.15) is 0 Å². The number of carbonyl (C=O) groups is 1. The number of pyridine rings is 2. The predicted molar refractivity (Wildman–Crippen MR) is 154 cm³/mol. The van der Waals surface area contributed by atoms with Crippen LogP contribution in [0.4, 0.5) is 27.4 Å². The van der Waals surface area contributed by atoms with Crippen LogP contribution in [0.3, 0.4) is 0 Å². The van der Waals surface area contributed by atoms with Crippen molar-refractivity contribution in [1.29, 1.82) is 0 Å². The Bertz CT molecular complexity index is 1470. The number of anilines is 3. The van der Waals surface area contributed by atoms with E-state index in [1.54, 1.807) is 18.6 Å². The monoisotopic (exact) mass is 527 g/mol. The Hall–Kier alpha value is -4.28. The van der Waals surface area contributed by atoms with Gasteiger partial charge < -0.3 is 10.6 Å². The van der Waals surface area contributed by atoms with E-state index >= 15 is 0 Å². The summed E-state index contributed by atoms with van der Waals surface area (Å²) < 4.78 is 13.0. The number of aromatic nitrogens is 4. The molecule has 39 heavy (non-hydrogen) atoms. The Labute approximate surface area is 227 Å². The average Bonchev–Trinajstić information content (AvgIpc) is 2.93. The SMILES string of the molecule is C[N+](C)(C/C=C/C=O)c1ccnc(-c2nccc3cnc(Nc4ccc(NC5CN(CCF)C5)cc4)nc23)c1. The highest BCUT2D eigenvalue weighted by Crippen LogP contribution is 2.29. The Morgan fingerprint density at radius 3 is 2.59 bits per heavy atom. The molecule has 1 aliphatic heterocycles. The van der Waals surface area contributed by atoms with Crippen LogP contribution in [0.25, 0.3) is 22.3 Å². The van der Waals surface area contributed by atoms with Crippen LogP contribution < -0.4 is 15.1 Å². The highest BCUT2D eigenvalue weighted by atomic mass is 19.1. The topological polar surface area (TPSA) is 95.9 Å². The molecule has 5 rings (SSSR count). The average molecular weight is 528 g/mol. The van der Waals surface area contributed by atoms with E-state index in [-0.39, 0.29) is 6.67 Å². The van der Waals surface area contributed by atoms with Gasteiger partial charge >= 0.3 is 0 Å². The smallest absolute Gasteiger partial charge is 0.227 e. The van der Waals surface area contributed by atoms with Gasteiger partial charge in [-0.3, -0.25) is 24.1 Å². The molecule has 0 atom stereocenters. The number of fused-ring (bicyclic) bond motifs is 1. The van der Waals surface area contributed by atoms with Crippen LogP contribution in [0.5, 0.6) is 0 Å². The molecule has 1 saturated heterocycles. The molecule has 0 aliphatic carbocycles. The van der Waals surface area contributed by atoms with Gasteiger partial charge in [-0.15, -0.1) is 0 Å². The summed E-state index contributed by atoms with van der Waals surface area (Å²) in [5.74, 6) is 0.463. The summed E-state index contributed by atoms with van der Waals surface area (Å²) in [5.41, 5.74) is 5.00. The maximum absolute atomic E-state index is 12.4. The van der Waals surface area contributed by atoms with E-state index in [2.05, 4.69) is 44.6 Å². The van der Waals surface area contributed by atoms with Crippen LogP contribution in [-0.4, -0.2) is 84.1 Å². The van der Waals surface area contributed by atoms with E-state index in [0.717, 1.165) is 41.8 Å². The van der Waals surface area contributed by atoms with E-state index in [1.807, 2.05) is 48.5 Å². The molecule has 0 saturated carbocycles. The number of likely N-dealkylation sites (N-methyl/N-ethyl adjacent to an activating group) is 1. The molecular formula is C29H32FN8O+. The molecule has 1 aliphatic rings. The molecular weight excluding hydrogens is 495 g/mol. The summed E-state index contributed by atoms with van der Waals surface area (Å²) in [6, 6.07) is 14.2. The maximum atomic E-state index is 12.4. The van der Waals surface area contributed by atoms with Crippen LogP contribution in [-0.2, 0) is 4.79 Å². The van der Waals surface area contributed by atoms with Crippen LogP contribution in [0.15, 0.2) is 73.2 Å². The van der Waals surface area contributed by atoms with Gasteiger partial charge in [-0.2, -0.15) is 0 Å². The van der Waals surface area contributed by atoms with E-state index < -0.39 is 0 Å². The third kappa shape index (κ3) is 6.24. The van der Waals surface area contributed by atoms with Crippen LogP contribution >= 0.6 is 0 Å². The van der Waals surface area contributed by atoms with Gasteiger partial charge in [0.1, 0.15) is 36.4 Å². The molecule has 200 valence electrons. The highest BCUT2D eigenvalue weighted by molar-refractivity contribution is 5.91. The zero-order valence-corrected chi connectivity index (χ0v) is 22.1. The van der Waals surface area contributed by atoms with Gasteiger partial charge in [0.05, 0.1) is 25.8 Å². The number of rotatable bonds is 11. The molecule has 4 aromatic rings. The fourth-order valence-electron chi connectivity index (χ4n) is 4.59. The predicted octanol–water partition coefficient (Wildman–Crippen LogP) is 4.22. The third-order valence-corrected chi connectivity index (χ3v) is 6.83. The molecule has 3 aromatic heterocycles. The Morgan fingerprint density at radius 1 is 1.05 bits per heavy atom. The number of alkyl halides is 1. The molecule has 1 aromatic carbocycles. The van der Waals surface area contributed by atoms with Gasteiger partial charge in [0.25, 0.3) is 0 Å². The van der Waals surface area contributed by atoms with Crippen molar-refractivity contribution in [3.63, 3.8) is 0 Å². The lowest BCUT2D eigenvalue weighted by Gasteiger charge is -2.39. The lowest BCUT2D eigenvalue weighted by atomic mass is 10.1. The number of hydrogen-bond donors (Lipinski definition) is 2. The molecule has 9 nitrogen and oxygen atoms in total. The van der Waals surface area contributed by atoms with Crippen molar-refractivity contribution < 1.29 is 9.18 Å². The van der Waals surface area contributed by atoms with Crippen molar-refractivity contribution in [1.82, 2.24) is 29.3 Å². The van der Waals surface area contributed by atoms with Gasteiger partial charge in [0, 0.05) is 67.1 Å². The minimum atomic E-state index is -0.302. The molecule has 0 amide bonds. The number of benzene rings is 1. The maximum Gasteiger partial charge on any atom is 0.227 e. The van der Waals surface area contributed by atoms with Gasteiger partial charge in [-0.05, 0) is 42.5 Å². The highest BCUT2D eigenvalue weighted by Gasteiger charge is 2.25. The summed E-state index contributed by atoms with van der Waals surface area (Å²) in [5, 5.41) is 7.63. The lowest BCUT2D eigenvalue weighted by Crippen LogP contribution is -2.55. The molecule has 0 bridgehead atoms. The fourth-order valence-corrected chi connectivity index (χ4v) is 4.59. The quantitative estimate of drug-likeness (QED) is 0.170. The summed E-state index contributed by atoms with van der Waals surface area (Å²) in [6.07, 6.45) is 9.44. The zero-order chi connectivity index (χ0) is 27.2. The fraction of sp³-hybridized carbons (Fsp3) is 0.276. The number of hydrogen-bond acceptors (Lipinski definition) is 8. The number of allylic oxidation sites excluding steroid dienone is 1. The van der Waals surface area contributed by atoms with Crippen LogP contribution in [0.2, 0.25) is 0 Å². The summed E-state index contributed by atoms with van der Waals surface area (Å²) in [4.78, 5) is 31.3. The first-order chi connectivity index (χ1) is 18.9. The zero-order valence-electron chi connectivity index (χ0n) is 22.1. The number of carbonyl (C=O) groups excluding carboxylic acids is 1. The number of aldehydes is 1. The van der Waals surface area contributed by atoms with Crippen molar-refractivity contribution in [3.8, 4) is 11.4 Å². The number of nitrogens with one attached hydrogen (secondary N) is 2. The standard InChI is InChI=1S/C29H32FN8O/c1-38(2,15-3-4-16-39)25-10-13-31-26(17-25)28-27-21(9-12-32-28)18-33-29(36-27)35-23-7-5-22(6-8-23)34-24-19-37(20-24)14-11-30/h3-10,12-13,16-18,24,34H,11,14-15,19-20H2,1-2H3,(H,33,35,36)/q+1/b4-3+. The minimum absolute atomic E-state index is 0.302. The first kappa shape index (κ1) is 26.3. The Kier molecular flexibility index (Phi) is 7.85. The van der Waals surface area contributed by atoms with Gasteiger partial charge in [-0.25, -0.2) is 14.4 Å².